The van der Waals surface area contributed by atoms with E-state index in [1.165, 1.54) is 5.56 Å². The van der Waals surface area contributed by atoms with Gasteiger partial charge in [-0.2, -0.15) is 0 Å². The first-order valence-corrected chi connectivity index (χ1v) is 7.25. The molecule has 0 amide bonds. The Bertz CT molecular complexity index is 586. The number of hydrogen-bond donors (Lipinski definition) is 2. The average Bonchev–Trinajstić information content (AvgIpc) is 2.46. The first kappa shape index (κ1) is 14.9. The Morgan fingerprint density at radius 2 is 2.00 bits per heavy atom. The molecule has 0 bridgehead atoms. The van der Waals surface area contributed by atoms with Crippen LogP contribution in [0.25, 0.3) is 0 Å². The van der Waals surface area contributed by atoms with Crippen LogP contribution in [-0.4, -0.2) is 12.2 Å². The molecule has 2 aromatic rings. The number of rotatable bonds is 5. The Morgan fingerprint density at radius 3 is 2.65 bits per heavy atom. The quantitative estimate of drug-likeness (QED) is 0.867. The van der Waals surface area contributed by atoms with Gasteiger partial charge in [0.2, 0.25) is 0 Å². The van der Waals surface area contributed by atoms with Crippen LogP contribution in [0, 0.1) is 0 Å². The van der Waals surface area contributed by atoms with E-state index < -0.39 is 0 Å². The van der Waals surface area contributed by atoms with Gasteiger partial charge in [0.25, 0.3) is 0 Å². The monoisotopic (exact) mass is 335 g/mol. The summed E-state index contributed by atoms with van der Waals surface area (Å²) in [7, 11) is 1.59. The maximum absolute atomic E-state index is 10.0. The van der Waals surface area contributed by atoms with Crippen LogP contribution in [0.3, 0.4) is 0 Å². The van der Waals surface area contributed by atoms with Gasteiger partial charge in [0.1, 0.15) is 11.5 Å². The van der Waals surface area contributed by atoms with Gasteiger partial charge in [-0.05, 0) is 24.6 Å². The zero-order valence-corrected chi connectivity index (χ0v) is 13.1. The number of ether oxygens (including phenoxy) is 1. The van der Waals surface area contributed by atoms with Crippen molar-refractivity contribution in [3.05, 3.63) is 58.1 Å². The predicted octanol–water partition coefficient (Wildman–Crippen LogP) is 4.01. The second-order valence-electron chi connectivity index (χ2n) is 4.62. The van der Waals surface area contributed by atoms with Crippen LogP contribution in [-0.2, 0) is 6.54 Å². The molecule has 1 unspecified atom stereocenters. The molecule has 0 aromatic heterocycles. The van der Waals surface area contributed by atoms with E-state index in [0.29, 0.717) is 5.75 Å². The van der Waals surface area contributed by atoms with Gasteiger partial charge < -0.3 is 15.2 Å². The molecular formula is C16H18BrNO2. The highest BCUT2D eigenvalue weighted by Crippen LogP contribution is 2.28. The number of benzene rings is 2. The predicted molar refractivity (Wildman–Crippen MR) is 84.1 cm³/mol. The molecule has 20 heavy (non-hydrogen) atoms. The Labute approximate surface area is 127 Å². The molecule has 2 N–H and O–H groups in total. The minimum atomic E-state index is 0.0491. The van der Waals surface area contributed by atoms with Gasteiger partial charge in [-0.3, -0.25) is 0 Å². The fraction of sp³-hybridized carbons (Fsp3) is 0.250. The fourth-order valence-electron chi connectivity index (χ4n) is 2.03. The van der Waals surface area contributed by atoms with Gasteiger partial charge >= 0.3 is 0 Å². The van der Waals surface area contributed by atoms with E-state index in [1.807, 2.05) is 37.3 Å². The first-order valence-electron chi connectivity index (χ1n) is 6.45. The molecule has 4 heteroatoms. The highest BCUT2D eigenvalue weighted by Gasteiger charge is 2.11. The van der Waals surface area contributed by atoms with Crippen molar-refractivity contribution in [2.45, 2.75) is 19.5 Å². The molecule has 2 rings (SSSR count). The van der Waals surface area contributed by atoms with Crippen LogP contribution >= 0.6 is 15.9 Å². The van der Waals surface area contributed by atoms with Crippen LogP contribution in [0.2, 0.25) is 0 Å². The minimum Gasteiger partial charge on any atom is -0.507 e. The zero-order valence-electron chi connectivity index (χ0n) is 11.6. The van der Waals surface area contributed by atoms with Crippen molar-refractivity contribution >= 4 is 15.9 Å². The van der Waals surface area contributed by atoms with E-state index in [1.54, 1.807) is 13.2 Å². The second kappa shape index (κ2) is 6.77. The summed E-state index contributed by atoms with van der Waals surface area (Å²) in [6.07, 6.45) is 0. The number of aromatic hydroxyl groups is 1. The smallest absolute Gasteiger partial charge is 0.124 e. The van der Waals surface area contributed by atoms with Crippen molar-refractivity contribution < 1.29 is 9.84 Å². The third kappa shape index (κ3) is 3.52. The molecule has 0 fully saturated rings. The molecule has 0 radical (unpaired) electrons. The van der Waals surface area contributed by atoms with Crippen molar-refractivity contribution in [3.8, 4) is 11.5 Å². The number of halogens is 1. The SMILES string of the molecule is COc1ccc(C(C)NCc2ccccc2Br)c(O)c1. The molecule has 106 valence electrons. The number of phenols is 1. The highest BCUT2D eigenvalue weighted by molar-refractivity contribution is 9.10. The summed E-state index contributed by atoms with van der Waals surface area (Å²) in [5, 5.41) is 13.4. The summed E-state index contributed by atoms with van der Waals surface area (Å²) < 4.78 is 6.17. The van der Waals surface area contributed by atoms with Gasteiger partial charge in [0.15, 0.2) is 0 Å². The molecule has 0 aliphatic heterocycles. The molecule has 0 spiro atoms. The fourth-order valence-corrected chi connectivity index (χ4v) is 2.46. The Morgan fingerprint density at radius 1 is 1.25 bits per heavy atom. The lowest BCUT2D eigenvalue weighted by atomic mass is 10.1. The van der Waals surface area contributed by atoms with Crippen molar-refractivity contribution in [1.29, 1.82) is 0 Å². The van der Waals surface area contributed by atoms with E-state index in [-0.39, 0.29) is 11.8 Å². The number of methoxy groups -OCH3 is 1. The van der Waals surface area contributed by atoms with Gasteiger partial charge in [-0.15, -0.1) is 0 Å². The van der Waals surface area contributed by atoms with E-state index in [0.717, 1.165) is 16.6 Å². The lowest BCUT2D eigenvalue weighted by molar-refractivity contribution is 0.404. The van der Waals surface area contributed by atoms with Crippen LogP contribution in [0.4, 0.5) is 0 Å². The topological polar surface area (TPSA) is 41.5 Å². The number of phenolic OH excluding ortho intramolecular Hbond substituents is 1. The largest absolute Gasteiger partial charge is 0.507 e. The third-order valence-corrected chi connectivity index (χ3v) is 4.03. The minimum absolute atomic E-state index is 0.0491. The van der Waals surface area contributed by atoms with Crippen LogP contribution in [0.5, 0.6) is 11.5 Å². The van der Waals surface area contributed by atoms with Gasteiger partial charge in [-0.25, -0.2) is 0 Å². The summed E-state index contributed by atoms with van der Waals surface area (Å²) in [4.78, 5) is 0. The maximum atomic E-state index is 10.0. The van der Waals surface area contributed by atoms with Gasteiger partial charge in [-0.1, -0.05) is 40.2 Å². The molecule has 0 saturated carbocycles. The van der Waals surface area contributed by atoms with E-state index in [2.05, 4.69) is 27.3 Å². The lowest BCUT2D eigenvalue weighted by Crippen LogP contribution is -2.18. The normalized spacial score (nSPS) is 12.2. The highest BCUT2D eigenvalue weighted by atomic mass is 79.9. The molecule has 0 aliphatic rings. The summed E-state index contributed by atoms with van der Waals surface area (Å²) in [5.74, 6) is 0.903. The maximum Gasteiger partial charge on any atom is 0.124 e. The van der Waals surface area contributed by atoms with E-state index in [4.69, 9.17) is 4.74 Å². The summed E-state index contributed by atoms with van der Waals surface area (Å²) >= 11 is 3.53. The van der Waals surface area contributed by atoms with Crippen LogP contribution in [0.15, 0.2) is 46.9 Å². The number of hydrogen-bond acceptors (Lipinski definition) is 3. The van der Waals surface area contributed by atoms with Gasteiger partial charge in [0.05, 0.1) is 7.11 Å². The van der Waals surface area contributed by atoms with Gasteiger partial charge in [0, 0.05) is 28.7 Å². The van der Waals surface area contributed by atoms with Crippen molar-refractivity contribution in [2.24, 2.45) is 0 Å². The number of nitrogens with one attached hydrogen (secondary N) is 1. The summed E-state index contributed by atoms with van der Waals surface area (Å²) in [6, 6.07) is 13.5. The molecule has 3 nitrogen and oxygen atoms in total. The summed E-state index contributed by atoms with van der Waals surface area (Å²) in [5.41, 5.74) is 2.05. The zero-order chi connectivity index (χ0) is 14.5. The standard InChI is InChI=1S/C16H18BrNO2/c1-11(14-8-7-13(20-2)9-16(14)19)18-10-12-5-3-4-6-15(12)17/h3-9,11,18-19H,10H2,1-2H3. The van der Waals surface area contributed by atoms with Crippen molar-refractivity contribution in [3.63, 3.8) is 0 Å². The van der Waals surface area contributed by atoms with Crippen LogP contribution < -0.4 is 10.1 Å². The molecule has 0 aliphatic carbocycles. The second-order valence-corrected chi connectivity index (χ2v) is 5.47. The molecule has 2 aromatic carbocycles. The summed E-state index contributed by atoms with van der Waals surface area (Å²) in [6.45, 7) is 2.76. The van der Waals surface area contributed by atoms with E-state index in [9.17, 15) is 5.11 Å². The third-order valence-electron chi connectivity index (χ3n) is 3.26. The molecule has 0 heterocycles. The molecular weight excluding hydrogens is 318 g/mol. The Kier molecular flexibility index (Phi) is 5.04. The molecule has 1 atom stereocenters. The average molecular weight is 336 g/mol. The van der Waals surface area contributed by atoms with Crippen molar-refractivity contribution in [2.75, 3.05) is 7.11 Å². The van der Waals surface area contributed by atoms with Crippen molar-refractivity contribution in [1.82, 2.24) is 5.32 Å². The Hall–Kier alpha value is -1.52. The molecule has 0 saturated heterocycles. The lowest BCUT2D eigenvalue weighted by Gasteiger charge is -2.17. The first-order chi connectivity index (χ1) is 9.61. The Balaban J connectivity index is 2.05. The van der Waals surface area contributed by atoms with E-state index >= 15 is 0 Å². The van der Waals surface area contributed by atoms with Crippen LogP contribution in [0.1, 0.15) is 24.1 Å².